The Kier molecular flexibility index (Phi) is 4.98. The van der Waals surface area contributed by atoms with Crippen LogP contribution >= 0.6 is 11.3 Å². The molecule has 1 saturated heterocycles. The highest BCUT2D eigenvalue weighted by Gasteiger charge is 2.23. The Bertz CT molecular complexity index is 933. The number of amides is 2. The van der Waals surface area contributed by atoms with Crippen LogP contribution in [-0.2, 0) is 5.41 Å². The molecule has 2 heterocycles. The quantitative estimate of drug-likeness (QED) is 0.669. The summed E-state index contributed by atoms with van der Waals surface area (Å²) in [5.41, 5.74) is 3.25. The Morgan fingerprint density at radius 1 is 1.00 bits per heavy atom. The monoisotopic (exact) mass is 394 g/mol. The third-order valence-corrected chi connectivity index (χ3v) is 6.22. The van der Waals surface area contributed by atoms with Crippen molar-refractivity contribution >= 4 is 38.4 Å². The molecule has 5 nitrogen and oxygen atoms in total. The van der Waals surface area contributed by atoms with Gasteiger partial charge < -0.3 is 15.1 Å². The second-order valence-electron chi connectivity index (χ2n) is 8.20. The summed E-state index contributed by atoms with van der Waals surface area (Å²) in [7, 11) is 0. The molecular weight excluding hydrogens is 368 g/mol. The third-order valence-electron chi connectivity index (χ3n) is 5.12. The number of urea groups is 1. The summed E-state index contributed by atoms with van der Waals surface area (Å²) in [4.78, 5) is 21.5. The van der Waals surface area contributed by atoms with Crippen LogP contribution in [0.25, 0.3) is 10.2 Å². The molecule has 0 atom stereocenters. The number of thiazole rings is 1. The summed E-state index contributed by atoms with van der Waals surface area (Å²) in [6.07, 6.45) is 0. The van der Waals surface area contributed by atoms with Crippen molar-refractivity contribution in [3.05, 3.63) is 54.1 Å². The molecule has 0 spiro atoms. The number of carbonyl (C=O) groups is 1. The van der Waals surface area contributed by atoms with Crippen molar-refractivity contribution in [3.63, 3.8) is 0 Å². The number of anilines is 2. The van der Waals surface area contributed by atoms with Crippen molar-refractivity contribution in [2.45, 2.75) is 26.2 Å². The lowest BCUT2D eigenvalue weighted by Crippen LogP contribution is -2.50. The zero-order chi connectivity index (χ0) is 19.7. The van der Waals surface area contributed by atoms with Crippen LogP contribution < -0.4 is 10.2 Å². The van der Waals surface area contributed by atoms with E-state index in [1.54, 1.807) is 11.3 Å². The van der Waals surface area contributed by atoms with Gasteiger partial charge >= 0.3 is 6.03 Å². The number of hydrogen-bond acceptors (Lipinski definition) is 4. The van der Waals surface area contributed by atoms with Crippen LogP contribution in [0.2, 0.25) is 0 Å². The van der Waals surface area contributed by atoms with Crippen LogP contribution in [0, 0.1) is 0 Å². The Labute approximate surface area is 170 Å². The molecule has 6 heteroatoms. The lowest BCUT2D eigenvalue weighted by molar-refractivity contribution is 0.208. The van der Waals surface area contributed by atoms with Crippen LogP contribution in [0.4, 0.5) is 15.6 Å². The Morgan fingerprint density at radius 2 is 1.68 bits per heavy atom. The van der Waals surface area contributed by atoms with Crippen molar-refractivity contribution in [1.29, 1.82) is 0 Å². The first-order valence-electron chi connectivity index (χ1n) is 9.67. The van der Waals surface area contributed by atoms with Crippen LogP contribution in [0.1, 0.15) is 26.3 Å². The number of para-hydroxylation sites is 1. The third kappa shape index (κ3) is 3.97. The first-order valence-corrected chi connectivity index (χ1v) is 10.5. The molecule has 28 heavy (non-hydrogen) atoms. The van der Waals surface area contributed by atoms with Gasteiger partial charge in [-0.15, -0.1) is 0 Å². The van der Waals surface area contributed by atoms with Gasteiger partial charge in [-0.25, -0.2) is 9.78 Å². The van der Waals surface area contributed by atoms with E-state index >= 15 is 0 Å². The smallest absolute Gasteiger partial charge is 0.321 e. The molecule has 146 valence electrons. The van der Waals surface area contributed by atoms with Gasteiger partial charge in [0.25, 0.3) is 0 Å². The van der Waals surface area contributed by atoms with E-state index in [9.17, 15) is 4.79 Å². The second kappa shape index (κ2) is 7.43. The SMILES string of the molecule is CC(C)(C)c1ccc(NC(=O)N2CCN(c3nc4ccccc4s3)CC2)cc1. The largest absolute Gasteiger partial charge is 0.345 e. The second-order valence-corrected chi connectivity index (χ2v) is 9.20. The maximum Gasteiger partial charge on any atom is 0.321 e. The minimum Gasteiger partial charge on any atom is -0.345 e. The van der Waals surface area contributed by atoms with Crippen molar-refractivity contribution in [2.24, 2.45) is 0 Å². The molecule has 2 aromatic carbocycles. The predicted octanol–water partition coefficient (Wildman–Crippen LogP) is 4.95. The summed E-state index contributed by atoms with van der Waals surface area (Å²) in [5, 5.41) is 4.06. The molecule has 3 aromatic rings. The van der Waals surface area contributed by atoms with Gasteiger partial charge in [-0.3, -0.25) is 0 Å². The van der Waals surface area contributed by atoms with Crippen LogP contribution in [0.3, 0.4) is 0 Å². The fraction of sp³-hybridized carbons (Fsp3) is 0.364. The molecule has 4 rings (SSSR count). The van der Waals surface area contributed by atoms with E-state index in [2.05, 4.69) is 49.2 Å². The number of nitrogens with one attached hydrogen (secondary N) is 1. The molecule has 0 radical (unpaired) electrons. The van der Waals surface area contributed by atoms with Gasteiger partial charge in [-0.05, 0) is 35.2 Å². The summed E-state index contributed by atoms with van der Waals surface area (Å²) in [6.45, 7) is 9.55. The first kappa shape index (κ1) is 18.7. The minimum absolute atomic E-state index is 0.0348. The molecule has 1 aromatic heterocycles. The van der Waals surface area contributed by atoms with E-state index in [4.69, 9.17) is 4.98 Å². The zero-order valence-electron chi connectivity index (χ0n) is 16.6. The number of hydrogen-bond donors (Lipinski definition) is 1. The van der Waals surface area contributed by atoms with Gasteiger partial charge in [-0.1, -0.05) is 56.4 Å². The number of piperazine rings is 1. The van der Waals surface area contributed by atoms with E-state index in [1.165, 1.54) is 10.3 Å². The van der Waals surface area contributed by atoms with E-state index < -0.39 is 0 Å². The molecule has 0 saturated carbocycles. The Balaban J connectivity index is 1.35. The highest BCUT2D eigenvalue weighted by molar-refractivity contribution is 7.22. The fourth-order valence-electron chi connectivity index (χ4n) is 3.35. The average molecular weight is 395 g/mol. The first-order chi connectivity index (χ1) is 13.4. The van der Waals surface area contributed by atoms with Crippen LogP contribution in [0.5, 0.6) is 0 Å². The highest BCUT2D eigenvalue weighted by Crippen LogP contribution is 2.29. The molecule has 0 aliphatic carbocycles. The van der Waals surface area contributed by atoms with Crippen LogP contribution in [-0.4, -0.2) is 42.1 Å². The molecular formula is C22H26N4OS. The Hall–Kier alpha value is -2.60. The summed E-state index contributed by atoms with van der Waals surface area (Å²) >= 11 is 1.72. The lowest BCUT2D eigenvalue weighted by Gasteiger charge is -2.34. The fourth-order valence-corrected chi connectivity index (χ4v) is 4.37. The summed E-state index contributed by atoms with van der Waals surface area (Å²) < 4.78 is 1.20. The average Bonchev–Trinajstić information content (AvgIpc) is 3.12. The zero-order valence-corrected chi connectivity index (χ0v) is 17.4. The molecule has 1 aliphatic heterocycles. The number of nitrogens with zero attached hydrogens (tertiary/aromatic N) is 3. The molecule has 1 fully saturated rings. The van der Waals surface area contributed by atoms with E-state index in [1.807, 2.05) is 35.2 Å². The summed E-state index contributed by atoms with van der Waals surface area (Å²) in [5.74, 6) is 0. The maximum atomic E-state index is 12.6. The number of rotatable bonds is 2. The number of carbonyl (C=O) groups excluding carboxylic acids is 1. The topological polar surface area (TPSA) is 48.5 Å². The maximum absolute atomic E-state index is 12.6. The minimum atomic E-state index is -0.0348. The number of fused-ring (bicyclic) bond motifs is 1. The molecule has 1 aliphatic rings. The molecule has 0 unspecified atom stereocenters. The van der Waals surface area contributed by atoms with Crippen molar-refractivity contribution in [2.75, 3.05) is 36.4 Å². The lowest BCUT2D eigenvalue weighted by atomic mass is 9.87. The van der Waals surface area contributed by atoms with Gasteiger partial charge in [0.2, 0.25) is 0 Å². The predicted molar refractivity (Wildman–Crippen MR) is 118 cm³/mol. The Morgan fingerprint density at radius 3 is 2.32 bits per heavy atom. The van der Waals surface area contributed by atoms with Gasteiger partial charge in [0.15, 0.2) is 5.13 Å². The molecule has 1 N–H and O–H groups in total. The van der Waals surface area contributed by atoms with Crippen molar-refractivity contribution in [3.8, 4) is 0 Å². The molecule has 0 bridgehead atoms. The van der Waals surface area contributed by atoms with Gasteiger partial charge in [-0.2, -0.15) is 0 Å². The normalized spacial score (nSPS) is 15.1. The highest BCUT2D eigenvalue weighted by atomic mass is 32.1. The van der Waals surface area contributed by atoms with Crippen molar-refractivity contribution in [1.82, 2.24) is 9.88 Å². The number of benzene rings is 2. The van der Waals surface area contributed by atoms with Gasteiger partial charge in [0.05, 0.1) is 10.2 Å². The van der Waals surface area contributed by atoms with Crippen LogP contribution in [0.15, 0.2) is 48.5 Å². The van der Waals surface area contributed by atoms with Gasteiger partial charge in [0.1, 0.15) is 0 Å². The standard InChI is InChI=1S/C22H26N4OS/c1-22(2,3)16-8-10-17(11-9-16)23-20(27)25-12-14-26(15-13-25)21-24-18-6-4-5-7-19(18)28-21/h4-11H,12-15H2,1-3H3,(H,23,27). The van der Waals surface area contributed by atoms with Crippen molar-refractivity contribution < 1.29 is 4.79 Å². The van der Waals surface area contributed by atoms with E-state index in [0.29, 0.717) is 13.1 Å². The number of aromatic nitrogens is 1. The molecule has 2 amide bonds. The summed E-state index contributed by atoms with van der Waals surface area (Å²) in [6, 6.07) is 16.3. The van der Waals surface area contributed by atoms with E-state index in [0.717, 1.165) is 29.4 Å². The van der Waals surface area contributed by atoms with E-state index in [-0.39, 0.29) is 11.4 Å². The van der Waals surface area contributed by atoms with Gasteiger partial charge in [0, 0.05) is 31.9 Å².